The van der Waals surface area contributed by atoms with Crippen LogP contribution in [0.25, 0.3) is 0 Å². The summed E-state index contributed by atoms with van der Waals surface area (Å²) in [6.45, 7) is -0.816. The number of anilines is 2. The van der Waals surface area contributed by atoms with Crippen molar-refractivity contribution in [2.75, 3.05) is 36.2 Å². The zero-order chi connectivity index (χ0) is 20.1. The Labute approximate surface area is 168 Å². The van der Waals surface area contributed by atoms with Crippen LogP contribution in [0.2, 0.25) is 0 Å². The second-order valence-electron chi connectivity index (χ2n) is 5.60. The van der Waals surface area contributed by atoms with Crippen molar-refractivity contribution in [3.63, 3.8) is 0 Å². The monoisotopic (exact) mass is 420 g/mol. The molecule has 0 spiro atoms. The minimum Gasteiger partial charge on any atom is -0.465 e. The number of para-hydroxylation sites is 1. The first-order valence-electron chi connectivity index (χ1n) is 8.13. The van der Waals surface area contributed by atoms with Crippen LogP contribution in [0, 0.1) is 0 Å². The molecule has 3 rings (SSSR count). The van der Waals surface area contributed by atoms with E-state index in [0.29, 0.717) is 5.69 Å². The van der Waals surface area contributed by atoms with Gasteiger partial charge in [-0.05, 0) is 23.6 Å². The van der Waals surface area contributed by atoms with E-state index in [1.54, 1.807) is 23.6 Å². The van der Waals surface area contributed by atoms with E-state index in [1.165, 1.54) is 23.8 Å². The number of esters is 2. The third-order valence-corrected chi connectivity index (χ3v) is 5.71. The molecule has 0 radical (unpaired) electrons. The Morgan fingerprint density at radius 3 is 2.79 bits per heavy atom. The molecular formula is C18H16N2O6S2. The highest BCUT2D eigenvalue weighted by Gasteiger charge is 2.27. The van der Waals surface area contributed by atoms with Crippen LogP contribution in [0.4, 0.5) is 11.4 Å². The van der Waals surface area contributed by atoms with Crippen LogP contribution >= 0.6 is 23.1 Å². The minimum absolute atomic E-state index is 0.203. The van der Waals surface area contributed by atoms with E-state index in [2.05, 4.69) is 10.1 Å². The largest absolute Gasteiger partial charge is 0.465 e. The molecule has 10 heteroatoms. The van der Waals surface area contributed by atoms with Crippen molar-refractivity contribution in [3.05, 3.63) is 40.6 Å². The first kappa shape index (κ1) is 19.9. The average Bonchev–Trinajstić information content (AvgIpc) is 3.16. The maximum Gasteiger partial charge on any atom is 0.350 e. The van der Waals surface area contributed by atoms with Crippen LogP contribution in [0.3, 0.4) is 0 Å². The van der Waals surface area contributed by atoms with Crippen LogP contribution < -0.4 is 10.2 Å². The lowest BCUT2D eigenvalue weighted by Crippen LogP contribution is -2.40. The number of carbonyl (C=O) groups is 4. The third kappa shape index (κ3) is 4.52. The first-order chi connectivity index (χ1) is 13.5. The van der Waals surface area contributed by atoms with E-state index in [4.69, 9.17) is 4.74 Å². The maximum absolute atomic E-state index is 12.1. The fraction of sp³-hybridized carbons (Fsp3) is 0.222. The van der Waals surface area contributed by atoms with E-state index in [-0.39, 0.29) is 28.8 Å². The van der Waals surface area contributed by atoms with E-state index in [9.17, 15) is 19.2 Å². The number of amides is 2. The van der Waals surface area contributed by atoms with Crippen LogP contribution in [-0.4, -0.2) is 49.8 Å². The molecule has 8 nitrogen and oxygen atoms in total. The summed E-state index contributed by atoms with van der Waals surface area (Å²) >= 11 is 2.53. The van der Waals surface area contributed by atoms with Crippen molar-refractivity contribution in [2.24, 2.45) is 0 Å². The maximum atomic E-state index is 12.1. The molecule has 0 unspecified atom stereocenters. The minimum atomic E-state index is -0.705. The van der Waals surface area contributed by atoms with E-state index in [1.807, 2.05) is 12.1 Å². The number of nitrogens with zero attached hydrogens (tertiary/aromatic N) is 1. The molecule has 0 saturated heterocycles. The van der Waals surface area contributed by atoms with Crippen molar-refractivity contribution in [1.82, 2.24) is 0 Å². The van der Waals surface area contributed by atoms with Gasteiger partial charge in [-0.25, -0.2) is 4.79 Å². The second kappa shape index (κ2) is 8.89. The number of ether oxygens (including phenoxy) is 2. The third-order valence-electron chi connectivity index (χ3n) is 3.77. The summed E-state index contributed by atoms with van der Waals surface area (Å²) in [5, 5.41) is 4.13. The second-order valence-corrected chi connectivity index (χ2v) is 7.53. The lowest BCUT2D eigenvalue weighted by atomic mass is 10.2. The number of thioether (sulfide) groups is 1. The molecule has 28 heavy (non-hydrogen) atoms. The number of hydrogen-bond donors (Lipinski definition) is 1. The smallest absolute Gasteiger partial charge is 0.350 e. The predicted octanol–water partition coefficient (Wildman–Crippen LogP) is 2.16. The highest BCUT2D eigenvalue weighted by Crippen LogP contribution is 2.34. The molecule has 1 aliphatic rings. The Kier molecular flexibility index (Phi) is 6.32. The molecular weight excluding hydrogens is 404 g/mol. The number of nitrogens with one attached hydrogen (secondary N) is 1. The summed E-state index contributed by atoms with van der Waals surface area (Å²) in [4.78, 5) is 50.4. The number of fused-ring (bicyclic) bond motifs is 1. The number of rotatable bonds is 6. The average molecular weight is 420 g/mol. The van der Waals surface area contributed by atoms with Gasteiger partial charge in [-0.1, -0.05) is 12.1 Å². The van der Waals surface area contributed by atoms with Gasteiger partial charge in [0.05, 0.1) is 24.2 Å². The quantitative estimate of drug-likeness (QED) is 0.715. The van der Waals surface area contributed by atoms with Crippen molar-refractivity contribution < 1.29 is 28.7 Å². The SMILES string of the molecule is COC(=O)c1sccc1NC(=O)COC(=O)CN1C(=O)CSc2ccccc21. The fourth-order valence-corrected chi connectivity index (χ4v) is 4.19. The lowest BCUT2D eigenvalue weighted by Gasteiger charge is -2.27. The van der Waals surface area contributed by atoms with Crippen LogP contribution in [-0.2, 0) is 23.9 Å². The van der Waals surface area contributed by atoms with Crippen molar-refractivity contribution >= 4 is 58.2 Å². The normalized spacial score (nSPS) is 12.9. The van der Waals surface area contributed by atoms with Crippen LogP contribution in [0.5, 0.6) is 0 Å². The summed E-state index contributed by atoms with van der Waals surface area (Å²) in [5.74, 6) is -1.84. The highest BCUT2D eigenvalue weighted by atomic mass is 32.2. The Morgan fingerprint density at radius 2 is 2.00 bits per heavy atom. The molecule has 1 aromatic carbocycles. The topological polar surface area (TPSA) is 102 Å². The highest BCUT2D eigenvalue weighted by molar-refractivity contribution is 8.00. The van der Waals surface area contributed by atoms with E-state index in [0.717, 1.165) is 16.2 Å². The predicted molar refractivity (Wildman–Crippen MR) is 105 cm³/mol. The number of thiophene rings is 1. The molecule has 2 amide bonds. The Balaban J connectivity index is 1.55. The van der Waals surface area contributed by atoms with Gasteiger partial charge in [0.15, 0.2) is 6.61 Å². The lowest BCUT2D eigenvalue weighted by molar-refractivity contribution is -0.146. The zero-order valence-electron chi connectivity index (χ0n) is 14.8. The number of hydrogen-bond acceptors (Lipinski definition) is 8. The number of carbonyl (C=O) groups excluding carboxylic acids is 4. The van der Waals surface area contributed by atoms with E-state index < -0.39 is 24.5 Å². The standard InChI is InChI=1S/C18H16N2O6S2/c1-25-18(24)17-11(6-7-27-17)19-14(21)9-26-16(23)8-20-12-4-2-3-5-13(12)28-10-15(20)22/h2-7H,8-10H2,1H3,(H,19,21). The number of methoxy groups -OCH3 is 1. The molecule has 2 aromatic rings. The van der Waals surface area contributed by atoms with Gasteiger partial charge in [-0.2, -0.15) is 0 Å². The summed E-state index contributed by atoms with van der Waals surface area (Å²) in [6.07, 6.45) is 0. The van der Waals surface area contributed by atoms with E-state index >= 15 is 0 Å². The van der Waals surface area contributed by atoms with Gasteiger partial charge in [-0.3, -0.25) is 19.3 Å². The van der Waals surface area contributed by atoms with Gasteiger partial charge >= 0.3 is 11.9 Å². The summed E-state index contributed by atoms with van der Waals surface area (Å²) in [7, 11) is 1.24. The molecule has 1 aromatic heterocycles. The molecule has 0 fully saturated rings. The van der Waals surface area contributed by atoms with Gasteiger partial charge in [-0.15, -0.1) is 23.1 Å². The molecule has 2 heterocycles. The molecule has 1 aliphatic heterocycles. The van der Waals surface area contributed by atoms with Gasteiger partial charge in [0, 0.05) is 4.90 Å². The van der Waals surface area contributed by atoms with Gasteiger partial charge < -0.3 is 14.8 Å². The van der Waals surface area contributed by atoms with Crippen molar-refractivity contribution in [1.29, 1.82) is 0 Å². The van der Waals surface area contributed by atoms with Crippen LogP contribution in [0.15, 0.2) is 40.6 Å². The molecule has 0 bridgehead atoms. The molecule has 0 atom stereocenters. The first-order valence-corrected chi connectivity index (χ1v) is 9.99. The summed E-state index contributed by atoms with van der Waals surface area (Å²) < 4.78 is 9.61. The molecule has 0 aliphatic carbocycles. The van der Waals surface area contributed by atoms with Crippen LogP contribution in [0.1, 0.15) is 9.67 Å². The Morgan fingerprint density at radius 1 is 1.21 bits per heavy atom. The zero-order valence-corrected chi connectivity index (χ0v) is 16.4. The van der Waals surface area contributed by atoms with Gasteiger partial charge in [0.25, 0.3) is 5.91 Å². The number of benzene rings is 1. The van der Waals surface area contributed by atoms with Gasteiger partial charge in [0.1, 0.15) is 11.4 Å². The Hall–Kier alpha value is -2.85. The van der Waals surface area contributed by atoms with Crippen molar-refractivity contribution in [3.8, 4) is 0 Å². The molecule has 146 valence electrons. The Bertz CT molecular complexity index is 926. The fourth-order valence-electron chi connectivity index (χ4n) is 2.49. The van der Waals surface area contributed by atoms with Gasteiger partial charge in [0.2, 0.25) is 5.91 Å². The molecule has 0 saturated carbocycles. The summed E-state index contributed by atoms with van der Waals surface area (Å²) in [5.41, 5.74) is 0.932. The van der Waals surface area contributed by atoms with Crippen molar-refractivity contribution in [2.45, 2.75) is 4.90 Å². The molecule has 1 N–H and O–H groups in total. The summed E-state index contributed by atoms with van der Waals surface area (Å²) in [6, 6.07) is 8.82.